The van der Waals surface area contributed by atoms with E-state index in [-0.39, 0.29) is 43.2 Å². The quantitative estimate of drug-likeness (QED) is 0.582. The molecular formula is C28H34N2O5. The van der Waals surface area contributed by atoms with Gasteiger partial charge in [0.05, 0.1) is 5.41 Å². The number of nitrogens with zero attached hydrogens (tertiary/aromatic N) is 1. The summed E-state index contributed by atoms with van der Waals surface area (Å²) in [5.41, 5.74) is 3.75. The Morgan fingerprint density at radius 2 is 1.71 bits per heavy atom. The molecule has 4 rings (SSSR count). The molecule has 2 aromatic rings. The molecular weight excluding hydrogens is 444 g/mol. The largest absolute Gasteiger partial charge is 0.481 e. The molecule has 0 bridgehead atoms. The molecule has 1 aliphatic heterocycles. The average molecular weight is 479 g/mol. The summed E-state index contributed by atoms with van der Waals surface area (Å²) < 4.78 is 5.60. The van der Waals surface area contributed by atoms with Crippen LogP contribution in [0.3, 0.4) is 0 Å². The fourth-order valence-corrected chi connectivity index (χ4v) is 5.23. The number of benzene rings is 2. The molecule has 7 nitrogen and oxygen atoms in total. The molecule has 0 spiro atoms. The Kier molecular flexibility index (Phi) is 7.15. The van der Waals surface area contributed by atoms with Gasteiger partial charge in [-0.1, -0.05) is 68.8 Å². The summed E-state index contributed by atoms with van der Waals surface area (Å²) in [6.07, 6.45) is 0.489. The van der Waals surface area contributed by atoms with E-state index < -0.39 is 17.5 Å². The average Bonchev–Trinajstić information content (AvgIpc) is 3.35. The predicted molar refractivity (Wildman–Crippen MR) is 133 cm³/mol. The van der Waals surface area contributed by atoms with Gasteiger partial charge >= 0.3 is 12.1 Å². The number of aliphatic carboxylic acids is 1. The van der Waals surface area contributed by atoms with E-state index in [9.17, 15) is 19.5 Å². The van der Waals surface area contributed by atoms with Gasteiger partial charge in [0.25, 0.3) is 0 Å². The number of carboxylic acid groups (broad SMARTS) is 1. The zero-order valence-electron chi connectivity index (χ0n) is 20.6. The predicted octanol–water partition coefficient (Wildman–Crippen LogP) is 4.51. The van der Waals surface area contributed by atoms with Crippen molar-refractivity contribution in [1.29, 1.82) is 0 Å². The molecule has 2 N–H and O–H groups in total. The highest BCUT2D eigenvalue weighted by Gasteiger charge is 2.47. The van der Waals surface area contributed by atoms with Crippen molar-refractivity contribution >= 4 is 18.0 Å². The molecule has 2 aliphatic rings. The third kappa shape index (κ3) is 4.90. The summed E-state index contributed by atoms with van der Waals surface area (Å²) >= 11 is 0. The zero-order valence-corrected chi connectivity index (χ0v) is 20.6. The maximum atomic E-state index is 12.8. The van der Waals surface area contributed by atoms with Crippen LogP contribution >= 0.6 is 0 Å². The molecule has 2 amide bonds. The Balaban J connectivity index is 1.28. The standard InChI is InChI=1S/C28H34N2O5/c1-4-19(13-25(31)30-15-18(2)28(3,17-30)26(32)33)14-29-27(34)35-16-24-22-11-7-5-9-20(22)21-10-6-8-12-23(21)24/h5-12,18-19,24H,4,13-17H2,1-3H3,(H,29,34)(H,32,33)/t18-,19?,28-/m0/s1. The molecule has 1 aliphatic carbocycles. The third-order valence-corrected chi connectivity index (χ3v) is 7.86. The molecule has 1 fully saturated rings. The van der Waals surface area contributed by atoms with Crippen molar-refractivity contribution in [3.63, 3.8) is 0 Å². The maximum Gasteiger partial charge on any atom is 0.407 e. The first-order chi connectivity index (χ1) is 16.7. The van der Waals surface area contributed by atoms with E-state index in [1.165, 1.54) is 11.1 Å². The van der Waals surface area contributed by atoms with Gasteiger partial charge in [0.2, 0.25) is 5.91 Å². The van der Waals surface area contributed by atoms with Crippen LogP contribution in [-0.4, -0.2) is 54.2 Å². The Bertz CT molecular complexity index is 1070. The van der Waals surface area contributed by atoms with Crippen molar-refractivity contribution in [1.82, 2.24) is 10.2 Å². The lowest BCUT2D eigenvalue weighted by Crippen LogP contribution is -2.38. The van der Waals surface area contributed by atoms with E-state index in [4.69, 9.17) is 4.74 Å². The minimum Gasteiger partial charge on any atom is -0.481 e. The second-order valence-electron chi connectivity index (χ2n) is 10.1. The molecule has 7 heteroatoms. The number of carbonyl (C=O) groups excluding carboxylic acids is 2. The number of carboxylic acids is 1. The van der Waals surface area contributed by atoms with Gasteiger partial charge in [-0.05, 0) is 41.0 Å². The van der Waals surface area contributed by atoms with Gasteiger partial charge in [-0.3, -0.25) is 9.59 Å². The van der Waals surface area contributed by atoms with Crippen LogP contribution < -0.4 is 5.32 Å². The van der Waals surface area contributed by atoms with Crippen LogP contribution in [0.2, 0.25) is 0 Å². The van der Waals surface area contributed by atoms with E-state index in [0.29, 0.717) is 13.1 Å². The molecule has 186 valence electrons. The SMILES string of the molecule is CCC(CNC(=O)OCC1c2ccccc2-c2ccccc21)CC(=O)N1C[C@H](C)[C@@](C)(C(=O)O)C1. The van der Waals surface area contributed by atoms with Gasteiger partial charge < -0.3 is 20.1 Å². The van der Waals surface area contributed by atoms with E-state index in [1.54, 1.807) is 11.8 Å². The Labute approximate surface area is 206 Å². The topological polar surface area (TPSA) is 95.9 Å². The fourth-order valence-electron chi connectivity index (χ4n) is 5.23. The van der Waals surface area contributed by atoms with Crippen molar-refractivity contribution in [2.75, 3.05) is 26.2 Å². The number of fused-ring (bicyclic) bond motifs is 3. The second-order valence-corrected chi connectivity index (χ2v) is 10.1. The molecule has 3 atom stereocenters. The van der Waals surface area contributed by atoms with E-state index in [2.05, 4.69) is 29.6 Å². The number of ether oxygens (including phenoxy) is 1. The van der Waals surface area contributed by atoms with Crippen molar-refractivity contribution in [2.24, 2.45) is 17.3 Å². The summed E-state index contributed by atoms with van der Waals surface area (Å²) in [5, 5.41) is 12.4. The number of likely N-dealkylation sites (tertiary alicyclic amines) is 1. The number of alkyl carbamates (subject to hydrolysis) is 1. The number of hydrogen-bond acceptors (Lipinski definition) is 4. The number of hydrogen-bond donors (Lipinski definition) is 2. The summed E-state index contributed by atoms with van der Waals surface area (Å²) in [5.74, 6) is -1.09. The smallest absolute Gasteiger partial charge is 0.407 e. The van der Waals surface area contributed by atoms with Crippen LogP contribution in [0.5, 0.6) is 0 Å². The van der Waals surface area contributed by atoms with E-state index >= 15 is 0 Å². The monoisotopic (exact) mass is 478 g/mol. The lowest BCUT2D eigenvalue weighted by Gasteiger charge is -2.23. The van der Waals surface area contributed by atoms with Crippen molar-refractivity contribution in [3.8, 4) is 11.1 Å². The summed E-state index contributed by atoms with van der Waals surface area (Å²) in [7, 11) is 0. The van der Waals surface area contributed by atoms with Crippen molar-refractivity contribution < 1.29 is 24.2 Å². The van der Waals surface area contributed by atoms with Crippen LogP contribution in [0, 0.1) is 17.3 Å². The van der Waals surface area contributed by atoms with Crippen molar-refractivity contribution in [2.45, 2.75) is 39.5 Å². The lowest BCUT2D eigenvalue weighted by molar-refractivity contribution is -0.149. The molecule has 2 aromatic carbocycles. The van der Waals surface area contributed by atoms with Crippen LogP contribution in [0.1, 0.15) is 50.7 Å². The summed E-state index contributed by atoms with van der Waals surface area (Å²) in [4.78, 5) is 38.6. The minimum absolute atomic E-state index is 0.00241. The van der Waals surface area contributed by atoms with Gasteiger partial charge in [-0.25, -0.2) is 4.79 Å². The van der Waals surface area contributed by atoms with E-state index in [1.807, 2.05) is 38.1 Å². The normalized spacial score (nSPS) is 21.8. The lowest BCUT2D eigenvalue weighted by atomic mass is 9.81. The molecule has 0 saturated carbocycles. The molecule has 1 unspecified atom stereocenters. The van der Waals surface area contributed by atoms with Gasteiger partial charge in [-0.15, -0.1) is 0 Å². The highest BCUT2D eigenvalue weighted by molar-refractivity contribution is 5.81. The Hall–Kier alpha value is -3.35. The van der Waals surface area contributed by atoms with E-state index in [0.717, 1.165) is 17.5 Å². The van der Waals surface area contributed by atoms with Crippen LogP contribution in [-0.2, 0) is 14.3 Å². The minimum atomic E-state index is -0.920. The first-order valence-corrected chi connectivity index (χ1v) is 12.3. The van der Waals surface area contributed by atoms with Crippen LogP contribution in [0.25, 0.3) is 11.1 Å². The van der Waals surface area contributed by atoms with Crippen LogP contribution in [0.4, 0.5) is 4.79 Å². The zero-order chi connectivity index (χ0) is 25.2. The first kappa shape index (κ1) is 24.8. The number of carbonyl (C=O) groups is 3. The van der Waals surface area contributed by atoms with Crippen LogP contribution in [0.15, 0.2) is 48.5 Å². The highest BCUT2D eigenvalue weighted by atomic mass is 16.5. The number of amides is 2. The number of nitrogens with one attached hydrogen (secondary N) is 1. The Morgan fingerprint density at radius 3 is 2.26 bits per heavy atom. The maximum absolute atomic E-state index is 12.8. The van der Waals surface area contributed by atoms with Gasteiger partial charge in [0.1, 0.15) is 6.61 Å². The molecule has 0 radical (unpaired) electrons. The van der Waals surface area contributed by atoms with Gasteiger partial charge in [0.15, 0.2) is 0 Å². The number of rotatable bonds is 8. The third-order valence-electron chi connectivity index (χ3n) is 7.86. The second kappa shape index (κ2) is 10.1. The highest BCUT2D eigenvalue weighted by Crippen LogP contribution is 2.44. The molecule has 1 heterocycles. The summed E-state index contributed by atoms with van der Waals surface area (Å²) in [6, 6.07) is 16.4. The summed E-state index contributed by atoms with van der Waals surface area (Å²) in [6.45, 7) is 6.79. The Morgan fingerprint density at radius 1 is 1.11 bits per heavy atom. The molecule has 0 aromatic heterocycles. The first-order valence-electron chi connectivity index (χ1n) is 12.3. The molecule has 35 heavy (non-hydrogen) atoms. The van der Waals surface area contributed by atoms with Gasteiger partial charge in [0, 0.05) is 32.0 Å². The fraction of sp³-hybridized carbons (Fsp3) is 0.464. The van der Waals surface area contributed by atoms with Gasteiger partial charge in [-0.2, -0.15) is 0 Å². The van der Waals surface area contributed by atoms with Crippen molar-refractivity contribution in [3.05, 3.63) is 59.7 Å². The molecule has 1 saturated heterocycles.